The average Bonchev–Trinajstić information content (AvgIpc) is 3.54. The Labute approximate surface area is 358 Å². The van der Waals surface area contributed by atoms with Crippen molar-refractivity contribution < 1.29 is 0 Å². The van der Waals surface area contributed by atoms with Gasteiger partial charge in [-0.1, -0.05) is 166 Å². The number of rotatable bonds is 8. The fourth-order valence-electron chi connectivity index (χ4n) is 9.75. The smallest absolute Gasteiger partial charge is 0.0465 e. The number of nitrogens with zero attached hydrogens (tertiary/aromatic N) is 2. The molecule has 0 fully saturated rings. The summed E-state index contributed by atoms with van der Waals surface area (Å²) in [7, 11) is 0. The highest BCUT2D eigenvalue weighted by Crippen LogP contribution is 2.53. The molecule has 0 bridgehead atoms. The quantitative estimate of drug-likeness (QED) is 0.142. The molecule has 11 rings (SSSR count). The van der Waals surface area contributed by atoms with E-state index in [0.29, 0.717) is 0 Å². The highest BCUT2D eigenvalue weighted by molar-refractivity contribution is 6.21. The van der Waals surface area contributed by atoms with E-state index in [0.717, 1.165) is 34.1 Å². The van der Waals surface area contributed by atoms with Gasteiger partial charge in [0.2, 0.25) is 0 Å². The number of benzene rings is 10. The summed E-state index contributed by atoms with van der Waals surface area (Å²) in [6, 6.07) is 83.9. The van der Waals surface area contributed by atoms with Crippen LogP contribution in [0.2, 0.25) is 0 Å². The monoisotopic (exact) mass is 780 g/mol. The summed E-state index contributed by atoms with van der Waals surface area (Å²) in [6.45, 7) is 4.78. The molecule has 0 saturated carbocycles. The van der Waals surface area contributed by atoms with Crippen LogP contribution < -0.4 is 9.80 Å². The lowest BCUT2D eigenvalue weighted by Gasteiger charge is -2.28. The fraction of sp³-hybridized carbons (Fsp3) is 0.0508. The van der Waals surface area contributed by atoms with Crippen molar-refractivity contribution in [2.45, 2.75) is 19.3 Å². The van der Waals surface area contributed by atoms with Gasteiger partial charge in [-0.2, -0.15) is 0 Å². The second-order valence-electron chi connectivity index (χ2n) is 16.5. The molecule has 0 heterocycles. The molecule has 1 aliphatic rings. The first-order chi connectivity index (χ1) is 30.0. The molecule has 0 aliphatic heterocycles. The molecule has 61 heavy (non-hydrogen) atoms. The first-order valence-corrected chi connectivity index (χ1v) is 21.2. The molecule has 0 aromatic heterocycles. The number of anilines is 6. The highest BCUT2D eigenvalue weighted by atomic mass is 15.1. The lowest BCUT2D eigenvalue weighted by atomic mass is 9.80. The predicted molar refractivity (Wildman–Crippen MR) is 259 cm³/mol. The number of fused-ring (bicyclic) bond motifs is 5. The molecule has 0 N–H and O–H groups in total. The van der Waals surface area contributed by atoms with Gasteiger partial charge >= 0.3 is 0 Å². The fourth-order valence-corrected chi connectivity index (χ4v) is 9.75. The Kier molecular flexibility index (Phi) is 8.86. The maximum Gasteiger partial charge on any atom is 0.0465 e. The molecule has 2 nitrogen and oxygen atoms in total. The first-order valence-electron chi connectivity index (χ1n) is 21.2. The second-order valence-corrected chi connectivity index (χ2v) is 16.5. The first kappa shape index (κ1) is 36.4. The van der Waals surface area contributed by atoms with Gasteiger partial charge in [0.15, 0.2) is 0 Å². The van der Waals surface area contributed by atoms with E-state index in [1.807, 2.05) is 0 Å². The van der Waals surface area contributed by atoms with Crippen LogP contribution in [0.25, 0.3) is 54.9 Å². The molecule has 10 aromatic rings. The van der Waals surface area contributed by atoms with Crippen LogP contribution in [-0.4, -0.2) is 0 Å². The summed E-state index contributed by atoms with van der Waals surface area (Å²) in [6.07, 6.45) is 0. The molecular formula is C59H44N2. The zero-order valence-corrected chi connectivity index (χ0v) is 34.3. The molecule has 0 unspecified atom stereocenters. The van der Waals surface area contributed by atoms with Gasteiger partial charge in [0.25, 0.3) is 0 Å². The lowest BCUT2D eigenvalue weighted by molar-refractivity contribution is 0.660. The Morgan fingerprint density at radius 1 is 0.279 bits per heavy atom. The summed E-state index contributed by atoms with van der Waals surface area (Å²) in [5.74, 6) is 0. The summed E-state index contributed by atoms with van der Waals surface area (Å²) < 4.78 is 0. The van der Waals surface area contributed by atoms with Crippen LogP contribution in [0, 0.1) is 0 Å². The molecule has 0 atom stereocenters. The number of para-hydroxylation sites is 4. The molecule has 0 radical (unpaired) electrons. The molecule has 290 valence electrons. The Balaban J connectivity index is 1.02. The second kappa shape index (κ2) is 14.9. The van der Waals surface area contributed by atoms with Crippen molar-refractivity contribution in [1.29, 1.82) is 0 Å². The van der Waals surface area contributed by atoms with Crippen molar-refractivity contribution in [2.75, 3.05) is 9.80 Å². The SMILES string of the molecule is CC1(C)c2cc(-c3c4ccccc4c(-c4ccc(N(c5ccccc5)c5ccccc5)cc4)c4ccccc34)ccc2-c2ccc(N(c3ccccc3)c3ccccc3)cc21. The van der Waals surface area contributed by atoms with Crippen molar-refractivity contribution in [2.24, 2.45) is 0 Å². The van der Waals surface area contributed by atoms with Gasteiger partial charge in [0.05, 0.1) is 0 Å². The van der Waals surface area contributed by atoms with Crippen LogP contribution in [0.1, 0.15) is 25.0 Å². The van der Waals surface area contributed by atoms with Gasteiger partial charge in [0.1, 0.15) is 0 Å². The zero-order chi connectivity index (χ0) is 40.9. The summed E-state index contributed by atoms with van der Waals surface area (Å²) in [5.41, 5.74) is 16.9. The third-order valence-corrected chi connectivity index (χ3v) is 12.6. The molecule has 0 spiro atoms. The third-order valence-electron chi connectivity index (χ3n) is 12.6. The van der Waals surface area contributed by atoms with Crippen LogP contribution in [0.15, 0.2) is 231 Å². The van der Waals surface area contributed by atoms with Crippen molar-refractivity contribution in [3.8, 4) is 33.4 Å². The minimum Gasteiger partial charge on any atom is -0.311 e. The maximum absolute atomic E-state index is 2.48. The lowest BCUT2D eigenvalue weighted by Crippen LogP contribution is -2.16. The van der Waals surface area contributed by atoms with Crippen LogP contribution in [0.5, 0.6) is 0 Å². The van der Waals surface area contributed by atoms with Crippen molar-refractivity contribution in [3.05, 3.63) is 242 Å². The van der Waals surface area contributed by atoms with E-state index < -0.39 is 0 Å². The molecular weight excluding hydrogens is 737 g/mol. The molecule has 0 saturated heterocycles. The van der Waals surface area contributed by atoms with E-state index in [-0.39, 0.29) is 5.41 Å². The molecule has 1 aliphatic carbocycles. The predicted octanol–water partition coefficient (Wildman–Crippen LogP) is 16.6. The normalized spacial score (nSPS) is 12.6. The van der Waals surface area contributed by atoms with Gasteiger partial charge in [-0.25, -0.2) is 0 Å². The van der Waals surface area contributed by atoms with E-state index >= 15 is 0 Å². The van der Waals surface area contributed by atoms with Gasteiger partial charge in [-0.3, -0.25) is 0 Å². The summed E-state index contributed by atoms with van der Waals surface area (Å²) >= 11 is 0. The topological polar surface area (TPSA) is 6.48 Å². The van der Waals surface area contributed by atoms with Crippen LogP contribution in [0.4, 0.5) is 34.1 Å². The van der Waals surface area contributed by atoms with E-state index in [9.17, 15) is 0 Å². The van der Waals surface area contributed by atoms with Gasteiger partial charge < -0.3 is 9.80 Å². The van der Waals surface area contributed by atoms with E-state index in [4.69, 9.17) is 0 Å². The van der Waals surface area contributed by atoms with Crippen LogP contribution in [-0.2, 0) is 5.41 Å². The third kappa shape index (κ3) is 6.19. The van der Waals surface area contributed by atoms with Crippen molar-refractivity contribution in [1.82, 2.24) is 0 Å². The van der Waals surface area contributed by atoms with Gasteiger partial charge in [0, 0.05) is 39.5 Å². The van der Waals surface area contributed by atoms with Crippen LogP contribution in [0.3, 0.4) is 0 Å². The van der Waals surface area contributed by atoms with Gasteiger partial charge in [-0.05, 0) is 145 Å². The summed E-state index contributed by atoms with van der Waals surface area (Å²) in [4.78, 5) is 4.68. The summed E-state index contributed by atoms with van der Waals surface area (Å²) in [5, 5.41) is 5.02. The minimum atomic E-state index is -0.212. The molecule has 10 aromatic carbocycles. The minimum absolute atomic E-state index is 0.212. The number of hydrogen-bond donors (Lipinski definition) is 0. The molecule has 0 amide bonds. The zero-order valence-electron chi connectivity index (χ0n) is 34.3. The van der Waals surface area contributed by atoms with E-state index in [1.54, 1.807) is 0 Å². The Morgan fingerprint density at radius 3 is 1.03 bits per heavy atom. The van der Waals surface area contributed by atoms with E-state index in [2.05, 4.69) is 254 Å². The van der Waals surface area contributed by atoms with Crippen molar-refractivity contribution in [3.63, 3.8) is 0 Å². The maximum atomic E-state index is 2.48. The van der Waals surface area contributed by atoms with E-state index in [1.165, 1.54) is 66.1 Å². The standard InChI is InChI=1S/C59H44N2/c1-59(2)55-39-42(33-37-49(55)50-38-36-48(40-56(50)59)61(45-23-11-5-12-24-45)46-25-13-6-14-26-46)58-53-29-17-15-27-51(53)57(52-28-16-18-30-54(52)58)41-31-34-47(35-32-41)60(43-19-7-3-8-20-43)44-21-9-4-10-22-44/h3-40H,1-2H3. The highest BCUT2D eigenvalue weighted by Gasteiger charge is 2.36. The van der Waals surface area contributed by atoms with Gasteiger partial charge in [-0.15, -0.1) is 0 Å². The molecule has 2 heteroatoms. The Hall–Kier alpha value is -7.68. The largest absolute Gasteiger partial charge is 0.311 e. The van der Waals surface area contributed by atoms with Crippen molar-refractivity contribution >= 4 is 55.7 Å². The Bertz CT molecular complexity index is 3060. The average molecular weight is 781 g/mol. The number of hydrogen-bond acceptors (Lipinski definition) is 2. The van der Waals surface area contributed by atoms with Crippen LogP contribution >= 0.6 is 0 Å². The Morgan fingerprint density at radius 2 is 0.590 bits per heavy atom.